The SMILES string of the molecule is O=C1S/C(=C\c2ccc(-c3ccc(Cl)cc3)o2)C(=O)N1Cc1ccc(Cl)cc1Cl. The second-order valence-corrected chi connectivity index (χ2v) is 8.49. The van der Waals surface area contributed by atoms with Crippen molar-refractivity contribution in [2.75, 3.05) is 0 Å². The first-order valence-electron chi connectivity index (χ1n) is 8.46. The number of imide groups is 1. The van der Waals surface area contributed by atoms with Crippen molar-refractivity contribution in [1.29, 1.82) is 0 Å². The van der Waals surface area contributed by atoms with Crippen molar-refractivity contribution in [2.24, 2.45) is 0 Å². The Morgan fingerprint density at radius 1 is 0.931 bits per heavy atom. The zero-order valence-electron chi connectivity index (χ0n) is 14.7. The minimum atomic E-state index is -0.393. The highest BCUT2D eigenvalue weighted by Crippen LogP contribution is 2.35. The second kappa shape index (κ2) is 8.28. The Kier molecular flexibility index (Phi) is 5.74. The molecule has 0 N–H and O–H groups in total. The van der Waals surface area contributed by atoms with Crippen molar-refractivity contribution in [1.82, 2.24) is 4.90 Å². The van der Waals surface area contributed by atoms with Crippen LogP contribution in [-0.4, -0.2) is 16.0 Å². The van der Waals surface area contributed by atoms with Crippen LogP contribution in [0.1, 0.15) is 11.3 Å². The molecule has 0 radical (unpaired) electrons. The van der Waals surface area contributed by atoms with E-state index in [2.05, 4.69) is 0 Å². The molecule has 4 rings (SSSR count). The van der Waals surface area contributed by atoms with E-state index in [-0.39, 0.29) is 16.7 Å². The molecule has 0 atom stereocenters. The summed E-state index contributed by atoms with van der Waals surface area (Å²) in [4.78, 5) is 26.5. The molecule has 1 fully saturated rings. The summed E-state index contributed by atoms with van der Waals surface area (Å²) in [5, 5.41) is 1.16. The van der Waals surface area contributed by atoms with Gasteiger partial charge in [0.1, 0.15) is 11.5 Å². The monoisotopic (exact) mass is 463 g/mol. The number of hydrogen-bond donors (Lipinski definition) is 0. The lowest BCUT2D eigenvalue weighted by Crippen LogP contribution is -2.27. The summed E-state index contributed by atoms with van der Waals surface area (Å²) in [5.41, 5.74) is 1.50. The summed E-state index contributed by atoms with van der Waals surface area (Å²) in [6, 6.07) is 15.7. The fourth-order valence-electron chi connectivity index (χ4n) is 2.79. The number of benzene rings is 2. The Bertz CT molecular complexity index is 1140. The Hall–Kier alpha value is -2.18. The fraction of sp³-hybridized carbons (Fsp3) is 0.0476. The summed E-state index contributed by atoms with van der Waals surface area (Å²) in [7, 11) is 0. The molecule has 0 spiro atoms. The van der Waals surface area contributed by atoms with Gasteiger partial charge >= 0.3 is 0 Å². The molecule has 1 saturated heterocycles. The molecule has 2 aromatic carbocycles. The third-order valence-electron chi connectivity index (χ3n) is 4.25. The highest BCUT2D eigenvalue weighted by molar-refractivity contribution is 8.18. The van der Waals surface area contributed by atoms with E-state index in [0.29, 0.717) is 32.2 Å². The zero-order chi connectivity index (χ0) is 20.5. The van der Waals surface area contributed by atoms with Crippen molar-refractivity contribution < 1.29 is 14.0 Å². The molecule has 3 aromatic rings. The van der Waals surface area contributed by atoms with Crippen LogP contribution in [-0.2, 0) is 11.3 Å². The highest BCUT2D eigenvalue weighted by Gasteiger charge is 2.35. The number of carbonyl (C=O) groups excluding carboxylic acids is 2. The number of thioether (sulfide) groups is 1. The molecule has 2 amide bonds. The van der Waals surface area contributed by atoms with Crippen molar-refractivity contribution in [2.45, 2.75) is 6.54 Å². The van der Waals surface area contributed by atoms with Crippen molar-refractivity contribution >= 4 is 63.8 Å². The van der Waals surface area contributed by atoms with Crippen LogP contribution in [0.4, 0.5) is 4.79 Å². The minimum Gasteiger partial charge on any atom is -0.457 e. The van der Waals surface area contributed by atoms with Gasteiger partial charge in [0.05, 0.1) is 11.4 Å². The smallest absolute Gasteiger partial charge is 0.293 e. The molecule has 1 aromatic heterocycles. The van der Waals surface area contributed by atoms with E-state index in [1.54, 1.807) is 48.5 Å². The molecule has 0 aliphatic carbocycles. The Balaban J connectivity index is 1.54. The molecule has 4 nitrogen and oxygen atoms in total. The first kappa shape index (κ1) is 20.1. The number of hydrogen-bond acceptors (Lipinski definition) is 4. The number of halogens is 3. The Morgan fingerprint density at radius 3 is 2.38 bits per heavy atom. The largest absolute Gasteiger partial charge is 0.457 e. The molecule has 0 unspecified atom stereocenters. The normalized spacial score (nSPS) is 15.6. The maximum absolute atomic E-state index is 12.7. The van der Waals surface area contributed by atoms with Gasteiger partial charge in [0.25, 0.3) is 11.1 Å². The fourth-order valence-corrected chi connectivity index (χ4v) is 4.20. The Labute approximate surface area is 186 Å². The van der Waals surface area contributed by atoms with Crippen LogP contribution in [0, 0.1) is 0 Å². The van der Waals surface area contributed by atoms with Crippen LogP contribution < -0.4 is 0 Å². The van der Waals surface area contributed by atoms with Crippen molar-refractivity contribution in [3.63, 3.8) is 0 Å². The molecule has 2 heterocycles. The predicted molar refractivity (Wildman–Crippen MR) is 117 cm³/mol. The molecule has 8 heteroatoms. The average molecular weight is 465 g/mol. The molecule has 0 bridgehead atoms. The first-order valence-corrected chi connectivity index (χ1v) is 10.4. The molecule has 29 heavy (non-hydrogen) atoms. The van der Waals surface area contributed by atoms with Gasteiger partial charge in [-0.1, -0.05) is 40.9 Å². The van der Waals surface area contributed by atoms with Gasteiger partial charge in [0.15, 0.2) is 0 Å². The summed E-state index contributed by atoms with van der Waals surface area (Å²) in [6.45, 7) is 0.0756. The summed E-state index contributed by atoms with van der Waals surface area (Å²) in [5.74, 6) is 0.723. The number of carbonyl (C=O) groups is 2. The molecule has 1 aliphatic heterocycles. The van der Waals surface area contributed by atoms with Gasteiger partial charge < -0.3 is 4.42 Å². The van der Waals surface area contributed by atoms with E-state index in [9.17, 15) is 9.59 Å². The minimum absolute atomic E-state index is 0.0756. The van der Waals surface area contributed by atoms with E-state index < -0.39 is 5.91 Å². The van der Waals surface area contributed by atoms with Crippen molar-refractivity contribution in [3.8, 4) is 11.3 Å². The van der Waals surface area contributed by atoms with E-state index in [0.717, 1.165) is 22.2 Å². The van der Waals surface area contributed by atoms with E-state index in [1.165, 1.54) is 0 Å². The number of amides is 2. The topological polar surface area (TPSA) is 50.5 Å². The lowest BCUT2D eigenvalue weighted by atomic mass is 10.2. The van der Waals surface area contributed by atoms with Crippen molar-refractivity contribution in [3.05, 3.63) is 85.9 Å². The molecular formula is C21H12Cl3NO3S. The number of furan rings is 1. The molecule has 0 saturated carbocycles. The first-order chi connectivity index (χ1) is 13.9. The maximum Gasteiger partial charge on any atom is 0.293 e. The van der Waals surface area contributed by atoms with Gasteiger partial charge in [-0.15, -0.1) is 0 Å². The van der Waals surface area contributed by atoms with Gasteiger partial charge in [-0.25, -0.2) is 0 Å². The number of rotatable bonds is 4. The van der Waals surface area contributed by atoms with Crippen LogP contribution >= 0.6 is 46.6 Å². The zero-order valence-corrected chi connectivity index (χ0v) is 17.8. The van der Waals surface area contributed by atoms with Crippen LogP contribution in [0.3, 0.4) is 0 Å². The Morgan fingerprint density at radius 2 is 1.66 bits per heavy atom. The predicted octanol–water partition coefficient (Wildman–Crippen LogP) is 7.14. The van der Waals surface area contributed by atoms with Crippen LogP contribution in [0.5, 0.6) is 0 Å². The highest BCUT2D eigenvalue weighted by atomic mass is 35.5. The average Bonchev–Trinajstić information content (AvgIpc) is 3.25. The summed E-state index contributed by atoms with van der Waals surface area (Å²) in [6.07, 6.45) is 1.56. The van der Waals surface area contributed by atoms with Gasteiger partial charge in [-0.05, 0) is 65.9 Å². The van der Waals surface area contributed by atoms with E-state index >= 15 is 0 Å². The van der Waals surface area contributed by atoms with Crippen LogP contribution in [0.25, 0.3) is 17.4 Å². The van der Waals surface area contributed by atoms with Crippen LogP contribution in [0.2, 0.25) is 15.1 Å². The summed E-state index contributed by atoms with van der Waals surface area (Å²) < 4.78 is 5.79. The molecular weight excluding hydrogens is 453 g/mol. The second-order valence-electron chi connectivity index (χ2n) is 6.21. The van der Waals surface area contributed by atoms with Gasteiger partial charge in [0.2, 0.25) is 0 Å². The lowest BCUT2D eigenvalue weighted by Gasteiger charge is -2.13. The molecule has 146 valence electrons. The van der Waals surface area contributed by atoms with E-state index in [1.807, 2.05) is 12.1 Å². The third kappa shape index (κ3) is 4.38. The van der Waals surface area contributed by atoms with E-state index in [4.69, 9.17) is 39.2 Å². The number of nitrogens with zero attached hydrogens (tertiary/aromatic N) is 1. The maximum atomic E-state index is 12.7. The third-order valence-corrected chi connectivity index (χ3v) is 5.99. The van der Waals surface area contributed by atoms with Gasteiger partial charge in [-0.3, -0.25) is 14.5 Å². The van der Waals surface area contributed by atoms with Gasteiger partial charge in [0, 0.05) is 26.7 Å². The van der Waals surface area contributed by atoms with Crippen LogP contribution in [0.15, 0.2) is 63.9 Å². The lowest BCUT2D eigenvalue weighted by molar-refractivity contribution is -0.123. The quantitative estimate of drug-likeness (QED) is 0.385. The summed E-state index contributed by atoms with van der Waals surface area (Å²) >= 11 is 18.8. The standard InChI is InChI=1S/C21H12Cl3NO3S/c22-14-4-1-12(2-5-14)18-8-7-16(28-18)10-19-20(26)25(21(27)29-19)11-13-3-6-15(23)9-17(13)24/h1-10H,11H2/b19-10-. The van der Waals surface area contributed by atoms with Gasteiger partial charge in [-0.2, -0.15) is 0 Å². The molecule has 1 aliphatic rings.